The lowest BCUT2D eigenvalue weighted by Gasteiger charge is -2.29. The van der Waals surface area contributed by atoms with Gasteiger partial charge >= 0.3 is 0 Å². The maximum absolute atomic E-state index is 11.7. The molecule has 1 atom stereocenters. The lowest BCUT2D eigenvalue weighted by molar-refractivity contribution is -0.127. The van der Waals surface area contributed by atoms with Gasteiger partial charge in [-0.05, 0) is 25.2 Å². The highest BCUT2D eigenvalue weighted by Gasteiger charge is 2.48. The molecule has 2 aliphatic rings. The van der Waals surface area contributed by atoms with E-state index in [9.17, 15) is 4.79 Å². The van der Waals surface area contributed by atoms with Crippen molar-refractivity contribution >= 4 is 17.5 Å². The number of likely N-dealkylation sites (tertiary alicyclic amines) is 1. The van der Waals surface area contributed by atoms with E-state index in [1.807, 2.05) is 11.8 Å². The number of nitrogens with zero attached hydrogens (tertiary/aromatic N) is 1. The summed E-state index contributed by atoms with van der Waals surface area (Å²) in [5.74, 6) is 0.700. The van der Waals surface area contributed by atoms with E-state index in [0.29, 0.717) is 11.3 Å². The van der Waals surface area contributed by atoms with E-state index in [1.54, 1.807) is 0 Å². The molecule has 17 heavy (non-hydrogen) atoms. The molecule has 0 bridgehead atoms. The SMILES string of the molecule is CCOC[C@H]1CN(C(=O)CCl)CC12CCCC2. The Labute approximate surface area is 108 Å². The highest BCUT2D eigenvalue weighted by Crippen LogP contribution is 2.49. The van der Waals surface area contributed by atoms with Crippen LogP contribution < -0.4 is 0 Å². The summed E-state index contributed by atoms with van der Waals surface area (Å²) < 4.78 is 5.59. The fourth-order valence-electron chi connectivity index (χ4n) is 3.44. The highest BCUT2D eigenvalue weighted by molar-refractivity contribution is 6.27. The number of amides is 1. The minimum Gasteiger partial charge on any atom is -0.381 e. The normalized spacial score (nSPS) is 26.9. The van der Waals surface area contributed by atoms with Crippen LogP contribution in [0, 0.1) is 11.3 Å². The number of rotatable bonds is 4. The van der Waals surface area contributed by atoms with Gasteiger partial charge in [-0.15, -0.1) is 11.6 Å². The Morgan fingerprint density at radius 3 is 2.76 bits per heavy atom. The summed E-state index contributed by atoms with van der Waals surface area (Å²) in [6.45, 7) is 5.32. The standard InChI is InChI=1S/C13H22ClNO2/c1-2-17-9-11-8-15(12(16)7-14)10-13(11)5-3-4-6-13/h11H,2-10H2,1H3/t11-/m1/s1. The molecule has 1 aliphatic carbocycles. The summed E-state index contributed by atoms with van der Waals surface area (Å²) in [4.78, 5) is 13.7. The zero-order valence-corrected chi connectivity index (χ0v) is 11.3. The first-order valence-electron chi connectivity index (χ1n) is 6.63. The van der Waals surface area contributed by atoms with Crippen LogP contribution in [0.5, 0.6) is 0 Å². The van der Waals surface area contributed by atoms with Gasteiger partial charge in [0.05, 0.1) is 6.61 Å². The molecule has 0 N–H and O–H groups in total. The number of hydrogen-bond donors (Lipinski definition) is 0. The van der Waals surface area contributed by atoms with Crippen LogP contribution in [0.15, 0.2) is 0 Å². The van der Waals surface area contributed by atoms with Crippen LogP contribution in [0.3, 0.4) is 0 Å². The van der Waals surface area contributed by atoms with Gasteiger partial charge in [0.2, 0.25) is 5.91 Å². The molecular formula is C13H22ClNO2. The molecule has 0 aromatic rings. The molecule has 2 fully saturated rings. The molecule has 4 heteroatoms. The Balaban J connectivity index is 2.04. The van der Waals surface area contributed by atoms with E-state index in [2.05, 4.69) is 0 Å². The van der Waals surface area contributed by atoms with Crippen molar-refractivity contribution in [2.75, 3.05) is 32.2 Å². The third-order valence-corrected chi connectivity index (χ3v) is 4.63. The van der Waals surface area contributed by atoms with E-state index in [4.69, 9.17) is 16.3 Å². The van der Waals surface area contributed by atoms with Gasteiger partial charge in [-0.1, -0.05) is 12.8 Å². The largest absolute Gasteiger partial charge is 0.381 e. The Bertz CT molecular complexity index is 277. The molecule has 0 aromatic heterocycles. The second-order valence-electron chi connectivity index (χ2n) is 5.33. The third-order valence-electron chi connectivity index (χ3n) is 4.40. The first-order chi connectivity index (χ1) is 8.22. The van der Waals surface area contributed by atoms with Gasteiger partial charge < -0.3 is 9.64 Å². The molecule has 2 rings (SSSR count). The first kappa shape index (κ1) is 13.2. The van der Waals surface area contributed by atoms with Crippen molar-refractivity contribution < 1.29 is 9.53 Å². The maximum Gasteiger partial charge on any atom is 0.237 e. The number of halogens is 1. The van der Waals surface area contributed by atoms with Crippen molar-refractivity contribution in [2.45, 2.75) is 32.6 Å². The van der Waals surface area contributed by atoms with Crippen LogP contribution in [0.2, 0.25) is 0 Å². The number of alkyl halides is 1. The van der Waals surface area contributed by atoms with Crippen molar-refractivity contribution in [2.24, 2.45) is 11.3 Å². The molecule has 1 heterocycles. The van der Waals surface area contributed by atoms with E-state index < -0.39 is 0 Å². The molecule has 3 nitrogen and oxygen atoms in total. The fourth-order valence-corrected chi connectivity index (χ4v) is 3.61. The van der Waals surface area contributed by atoms with Gasteiger partial charge in [0.25, 0.3) is 0 Å². The average Bonchev–Trinajstić information content (AvgIpc) is 2.95. The van der Waals surface area contributed by atoms with Crippen molar-refractivity contribution in [1.29, 1.82) is 0 Å². The van der Waals surface area contributed by atoms with Gasteiger partial charge in [-0.3, -0.25) is 4.79 Å². The van der Waals surface area contributed by atoms with Crippen LogP contribution in [0.25, 0.3) is 0 Å². The van der Waals surface area contributed by atoms with E-state index >= 15 is 0 Å². The summed E-state index contributed by atoms with van der Waals surface area (Å²) in [5, 5.41) is 0. The zero-order chi connectivity index (χ0) is 12.3. The maximum atomic E-state index is 11.7. The minimum atomic E-state index is 0.0805. The number of carbonyl (C=O) groups is 1. The predicted octanol–water partition coefficient (Wildman–Crippen LogP) is 2.28. The zero-order valence-electron chi connectivity index (χ0n) is 10.6. The second-order valence-corrected chi connectivity index (χ2v) is 5.60. The topological polar surface area (TPSA) is 29.5 Å². The molecule has 1 aliphatic heterocycles. The van der Waals surface area contributed by atoms with Crippen molar-refractivity contribution in [1.82, 2.24) is 4.90 Å². The fraction of sp³-hybridized carbons (Fsp3) is 0.923. The quantitative estimate of drug-likeness (QED) is 0.725. The number of ether oxygens (including phenoxy) is 1. The van der Waals surface area contributed by atoms with Gasteiger partial charge in [-0.25, -0.2) is 0 Å². The minimum absolute atomic E-state index is 0.0805. The van der Waals surface area contributed by atoms with E-state index in [-0.39, 0.29) is 11.8 Å². The number of carbonyl (C=O) groups excluding carboxylic acids is 1. The molecular weight excluding hydrogens is 238 g/mol. The van der Waals surface area contributed by atoms with Gasteiger partial charge in [-0.2, -0.15) is 0 Å². The molecule has 0 unspecified atom stereocenters. The van der Waals surface area contributed by atoms with Crippen LogP contribution in [0.4, 0.5) is 0 Å². The monoisotopic (exact) mass is 259 g/mol. The molecule has 0 radical (unpaired) electrons. The van der Waals surface area contributed by atoms with Gasteiger partial charge in [0, 0.05) is 25.6 Å². The second kappa shape index (κ2) is 5.57. The molecule has 98 valence electrons. The van der Waals surface area contributed by atoms with Gasteiger partial charge in [0.15, 0.2) is 0 Å². The molecule has 1 saturated heterocycles. The van der Waals surface area contributed by atoms with Crippen LogP contribution >= 0.6 is 11.6 Å². The number of hydrogen-bond acceptors (Lipinski definition) is 2. The summed E-state index contributed by atoms with van der Waals surface area (Å²) in [7, 11) is 0. The van der Waals surface area contributed by atoms with Crippen LogP contribution in [-0.4, -0.2) is 43.0 Å². The van der Waals surface area contributed by atoms with Crippen LogP contribution in [-0.2, 0) is 9.53 Å². The van der Waals surface area contributed by atoms with Crippen molar-refractivity contribution in [3.8, 4) is 0 Å². The Morgan fingerprint density at radius 2 is 2.18 bits per heavy atom. The Kier molecular flexibility index (Phi) is 4.31. The lowest BCUT2D eigenvalue weighted by atomic mass is 9.77. The summed E-state index contributed by atoms with van der Waals surface area (Å²) in [6.07, 6.45) is 5.09. The molecule has 0 aromatic carbocycles. The smallest absolute Gasteiger partial charge is 0.237 e. The van der Waals surface area contributed by atoms with E-state index in [0.717, 1.165) is 26.3 Å². The molecule has 1 saturated carbocycles. The predicted molar refractivity (Wildman–Crippen MR) is 68.2 cm³/mol. The highest BCUT2D eigenvalue weighted by atomic mass is 35.5. The Hall–Kier alpha value is -0.280. The third kappa shape index (κ3) is 2.60. The molecule has 1 spiro atoms. The first-order valence-corrected chi connectivity index (χ1v) is 7.17. The summed E-state index contributed by atoms with van der Waals surface area (Å²) >= 11 is 5.66. The van der Waals surface area contributed by atoms with E-state index in [1.165, 1.54) is 25.7 Å². The molecule has 1 amide bonds. The van der Waals surface area contributed by atoms with Crippen LogP contribution in [0.1, 0.15) is 32.6 Å². The lowest BCUT2D eigenvalue weighted by Crippen LogP contribution is -2.32. The Morgan fingerprint density at radius 1 is 1.47 bits per heavy atom. The van der Waals surface area contributed by atoms with Gasteiger partial charge in [0.1, 0.15) is 5.88 Å². The van der Waals surface area contributed by atoms with Crippen molar-refractivity contribution in [3.05, 3.63) is 0 Å². The summed E-state index contributed by atoms with van der Waals surface area (Å²) in [6, 6.07) is 0. The van der Waals surface area contributed by atoms with Crippen molar-refractivity contribution in [3.63, 3.8) is 0 Å². The average molecular weight is 260 g/mol. The summed E-state index contributed by atoms with van der Waals surface area (Å²) in [5.41, 5.74) is 0.330.